The molecule has 0 aliphatic heterocycles. The second-order valence-electron chi connectivity index (χ2n) is 5.30. The highest BCUT2D eigenvalue weighted by Gasteiger charge is 2.20. The van der Waals surface area contributed by atoms with Crippen molar-refractivity contribution in [1.82, 2.24) is 15.1 Å². The zero-order valence-electron chi connectivity index (χ0n) is 11.2. The number of aryl methyl sites for hydroxylation is 1. The molecular formula is C14H25N3. The third-order valence-electron chi connectivity index (χ3n) is 3.87. The molecule has 1 aliphatic rings. The van der Waals surface area contributed by atoms with Crippen molar-refractivity contribution in [3.8, 4) is 0 Å². The smallest absolute Gasteiger partial charge is 0.0537 e. The van der Waals surface area contributed by atoms with Gasteiger partial charge in [0.1, 0.15) is 0 Å². The van der Waals surface area contributed by atoms with Crippen molar-refractivity contribution in [2.75, 3.05) is 6.54 Å². The minimum atomic E-state index is 0.497. The highest BCUT2D eigenvalue weighted by molar-refractivity contribution is 5.10. The average molecular weight is 235 g/mol. The summed E-state index contributed by atoms with van der Waals surface area (Å²) in [5.74, 6) is 0.910. The first kappa shape index (κ1) is 12.6. The first-order valence-corrected chi connectivity index (χ1v) is 7.01. The highest BCUT2D eigenvalue weighted by Crippen LogP contribution is 2.31. The summed E-state index contributed by atoms with van der Waals surface area (Å²) in [7, 11) is 1.99. The first-order chi connectivity index (χ1) is 8.29. The monoisotopic (exact) mass is 235 g/mol. The van der Waals surface area contributed by atoms with Gasteiger partial charge >= 0.3 is 0 Å². The fourth-order valence-corrected chi connectivity index (χ4v) is 2.96. The maximum absolute atomic E-state index is 4.29. The quantitative estimate of drug-likeness (QED) is 0.850. The lowest BCUT2D eigenvalue weighted by Crippen LogP contribution is -2.24. The van der Waals surface area contributed by atoms with Gasteiger partial charge in [0.25, 0.3) is 0 Å². The lowest BCUT2D eigenvalue weighted by Gasteiger charge is -2.26. The SMILES string of the molecule is CCNC(CC1CCCCC1)c1cnn(C)c1. The molecule has 3 heteroatoms. The number of nitrogens with one attached hydrogen (secondary N) is 1. The van der Waals surface area contributed by atoms with Crippen molar-refractivity contribution < 1.29 is 0 Å². The molecule has 0 spiro atoms. The lowest BCUT2D eigenvalue weighted by atomic mass is 9.84. The minimum absolute atomic E-state index is 0.497. The Kier molecular flexibility index (Phi) is 4.60. The third kappa shape index (κ3) is 3.56. The van der Waals surface area contributed by atoms with Crippen molar-refractivity contribution in [2.24, 2.45) is 13.0 Å². The summed E-state index contributed by atoms with van der Waals surface area (Å²) in [5, 5.41) is 7.90. The summed E-state index contributed by atoms with van der Waals surface area (Å²) < 4.78 is 1.90. The first-order valence-electron chi connectivity index (χ1n) is 7.01. The summed E-state index contributed by atoms with van der Waals surface area (Å²) in [6, 6.07) is 0.497. The van der Waals surface area contributed by atoms with Crippen LogP contribution in [0, 0.1) is 5.92 Å². The van der Waals surface area contributed by atoms with Gasteiger partial charge in [-0.05, 0) is 18.9 Å². The summed E-state index contributed by atoms with van der Waals surface area (Å²) in [5.41, 5.74) is 1.35. The van der Waals surface area contributed by atoms with E-state index >= 15 is 0 Å². The maximum atomic E-state index is 4.29. The van der Waals surface area contributed by atoms with Crippen LogP contribution in [0.5, 0.6) is 0 Å². The zero-order chi connectivity index (χ0) is 12.1. The van der Waals surface area contributed by atoms with E-state index in [-0.39, 0.29) is 0 Å². The van der Waals surface area contributed by atoms with E-state index in [0.29, 0.717) is 6.04 Å². The molecule has 1 aromatic heterocycles. The predicted octanol–water partition coefficient (Wildman–Crippen LogP) is 3.04. The lowest BCUT2D eigenvalue weighted by molar-refractivity contribution is 0.301. The molecule has 96 valence electrons. The van der Waals surface area contributed by atoms with Crippen LogP contribution in [0.15, 0.2) is 12.4 Å². The van der Waals surface area contributed by atoms with Crippen LogP contribution < -0.4 is 5.32 Å². The van der Waals surface area contributed by atoms with Gasteiger partial charge in [0.2, 0.25) is 0 Å². The van der Waals surface area contributed by atoms with Crippen LogP contribution in [0.25, 0.3) is 0 Å². The van der Waals surface area contributed by atoms with Crippen LogP contribution in [0.1, 0.15) is 57.1 Å². The minimum Gasteiger partial charge on any atom is -0.310 e. The molecule has 1 aliphatic carbocycles. The van der Waals surface area contributed by atoms with Gasteiger partial charge in [-0.2, -0.15) is 5.10 Å². The molecule has 2 rings (SSSR count). The number of hydrogen-bond acceptors (Lipinski definition) is 2. The summed E-state index contributed by atoms with van der Waals surface area (Å²) in [6.45, 7) is 3.22. The van der Waals surface area contributed by atoms with Gasteiger partial charge in [-0.25, -0.2) is 0 Å². The molecule has 1 unspecified atom stereocenters. The highest BCUT2D eigenvalue weighted by atomic mass is 15.2. The largest absolute Gasteiger partial charge is 0.310 e. The number of nitrogens with zero attached hydrogens (tertiary/aromatic N) is 2. The average Bonchev–Trinajstić information content (AvgIpc) is 2.77. The Morgan fingerprint density at radius 2 is 2.18 bits per heavy atom. The Morgan fingerprint density at radius 1 is 1.41 bits per heavy atom. The van der Waals surface area contributed by atoms with Gasteiger partial charge in [-0.15, -0.1) is 0 Å². The molecule has 1 atom stereocenters. The second-order valence-corrected chi connectivity index (χ2v) is 5.30. The molecule has 1 saturated carbocycles. The molecule has 3 nitrogen and oxygen atoms in total. The Balaban J connectivity index is 1.96. The summed E-state index contributed by atoms with van der Waals surface area (Å²) >= 11 is 0. The maximum Gasteiger partial charge on any atom is 0.0537 e. The zero-order valence-corrected chi connectivity index (χ0v) is 11.2. The van der Waals surface area contributed by atoms with Crippen LogP contribution >= 0.6 is 0 Å². The molecule has 0 amide bonds. The van der Waals surface area contributed by atoms with Crippen molar-refractivity contribution in [3.05, 3.63) is 18.0 Å². The van der Waals surface area contributed by atoms with Gasteiger partial charge < -0.3 is 5.32 Å². The van der Waals surface area contributed by atoms with Gasteiger partial charge in [0, 0.05) is 24.8 Å². The molecule has 0 bridgehead atoms. The van der Waals surface area contributed by atoms with E-state index in [1.807, 2.05) is 17.9 Å². The van der Waals surface area contributed by atoms with Crippen molar-refractivity contribution in [1.29, 1.82) is 0 Å². The Morgan fingerprint density at radius 3 is 2.76 bits per heavy atom. The van der Waals surface area contributed by atoms with E-state index in [1.165, 1.54) is 44.1 Å². The van der Waals surface area contributed by atoms with Gasteiger partial charge in [0.05, 0.1) is 6.20 Å². The number of aromatic nitrogens is 2. The van der Waals surface area contributed by atoms with E-state index < -0.39 is 0 Å². The molecule has 17 heavy (non-hydrogen) atoms. The molecule has 0 saturated heterocycles. The standard InChI is InChI=1S/C14H25N3/c1-3-15-14(13-10-16-17(2)11-13)9-12-7-5-4-6-8-12/h10-12,14-15H,3-9H2,1-2H3. The van der Waals surface area contributed by atoms with Crippen LogP contribution in [0.4, 0.5) is 0 Å². The van der Waals surface area contributed by atoms with Crippen molar-refractivity contribution >= 4 is 0 Å². The predicted molar refractivity (Wildman–Crippen MR) is 70.8 cm³/mol. The van der Waals surface area contributed by atoms with E-state index in [9.17, 15) is 0 Å². The van der Waals surface area contributed by atoms with Gasteiger partial charge in [0.15, 0.2) is 0 Å². The van der Waals surface area contributed by atoms with E-state index in [4.69, 9.17) is 0 Å². The normalized spacial score (nSPS) is 19.4. The Hall–Kier alpha value is -0.830. The second kappa shape index (κ2) is 6.20. The molecule has 1 fully saturated rings. The molecule has 0 radical (unpaired) electrons. The Bertz CT molecular complexity index is 326. The van der Waals surface area contributed by atoms with Crippen molar-refractivity contribution in [2.45, 2.75) is 51.5 Å². The Labute approximate surface area is 105 Å². The van der Waals surface area contributed by atoms with Crippen LogP contribution in [0.3, 0.4) is 0 Å². The number of rotatable bonds is 5. The van der Waals surface area contributed by atoms with E-state index in [2.05, 4.69) is 23.5 Å². The molecule has 1 heterocycles. The van der Waals surface area contributed by atoms with E-state index in [1.54, 1.807) is 0 Å². The molecule has 0 aromatic carbocycles. The molecule has 1 N–H and O–H groups in total. The van der Waals surface area contributed by atoms with Crippen LogP contribution in [0.2, 0.25) is 0 Å². The summed E-state index contributed by atoms with van der Waals surface area (Å²) in [4.78, 5) is 0. The van der Waals surface area contributed by atoms with Gasteiger partial charge in [-0.1, -0.05) is 39.0 Å². The molecular weight excluding hydrogens is 210 g/mol. The fraction of sp³-hybridized carbons (Fsp3) is 0.786. The molecule has 1 aromatic rings. The van der Waals surface area contributed by atoms with Gasteiger partial charge in [-0.3, -0.25) is 4.68 Å². The fourth-order valence-electron chi connectivity index (χ4n) is 2.96. The number of hydrogen-bond donors (Lipinski definition) is 1. The topological polar surface area (TPSA) is 29.9 Å². The van der Waals surface area contributed by atoms with Crippen LogP contribution in [-0.2, 0) is 7.05 Å². The van der Waals surface area contributed by atoms with E-state index in [0.717, 1.165) is 12.5 Å². The summed E-state index contributed by atoms with van der Waals surface area (Å²) in [6.07, 6.45) is 12.6. The van der Waals surface area contributed by atoms with Crippen LogP contribution in [-0.4, -0.2) is 16.3 Å². The third-order valence-corrected chi connectivity index (χ3v) is 3.87. The van der Waals surface area contributed by atoms with Crippen molar-refractivity contribution in [3.63, 3.8) is 0 Å².